The summed E-state index contributed by atoms with van der Waals surface area (Å²) in [5.41, 5.74) is 1.25. The zero-order valence-electron chi connectivity index (χ0n) is 14.4. The summed E-state index contributed by atoms with van der Waals surface area (Å²) in [5.74, 6) is 3.23. The van der Waals surface area contributed by atoms with Crippen molar-refractivity contribution in [3.63, 3.8) is 0 Å². The quantitative estimate of drug-likeness (QED) is 0.301. The van der Waals surface area contributed by atoms with Crippen LogP contribution in [0.25, 0.3) is 0 Å². The van der Waals surface area contributed by atoms with E-state index >= 15 is 0 Å². The molecule has 0 aromatic heterocycles. The SMILES string of the molecule is CN=C(NCCCc1ccc(OC)c(OC)c1)NC1CC1C.I. The predicted octanol–water partition coefficient (Wildman–Crippen LogP) is 2.83. The van der Waals surface area contributed by atoms with Crippen LogP contribution in [0, 0.1) is 5.92 Å². The number of guanidine groups is 1. The van der Waals surface area contributed by atoms with Gasteiger partial charge in [-0.3, -0.25) is 4.99 Å². The first-order valence-electron chi connectivity index (χ1n) is 7.86. The number of nitrogens with one attached hydrogen (secondary N) is 2. The summed E-state index contributed by atoms with van der Waals surface area (Å²) in [4.78, 5) is 4.26. The molecule has 1 aromatic rings. The van der Waals surface area contributed by atoms with Crippen LogP contribution >= 0.6 is 24.0 Å². The fraction of sp³-hybridized carbons (Fsp3) is 0.588. The van der Waals surface area contributed by atoms with Crippen LogP contribution in [0.15, 0.2) is 23.2 Å². The molecule has 2 N–H and O–H groups in total. The Bertz CT molecular complexity index is 523. The summed E-state index contributed by atoms with van der Waals surface area (Å²) in [6.45, 7) is 3.15. The van der Waals surface area contributed by atoms with Crippen LogP contribution in [0.4, 0.5) is 0 Å². The normalized spacial score (nSPS) is 19.6. The van der Waals surface area contributed by atoms with Gasteiger partial charge in [0.1, 0.15) is 0 Å². The lowest BCUT2D eigenvalue weighted by atomic mass is 10.1. The lowest BCUT2D eigenvalue weighted by molar-refractivity contribution is 0.354. The maximum Gasteiger partial charge on any atom is 0.191 e. The molecule has 0 heterocycles. The molecule has 0 aliphatic heterocycles. The van der Waals surface area contributed by atoms with Gasteiger partial charge in [-0.1, -0.05) is 13.0 Å². The van der Waals surface area contributed by atoms with Crippen molar-refractivity contribution in [1.29, 1.82) is 0 Å². The molecule has 1 aromatic carbocycles. The second-order valence-electron chi connectivity index (χ2n) is 5.76. The van der Waals surface area contributed by atoms with Crippen molar-refractivity contribution in [3.8, 4) is 11.5 Å². The molecular formula is C17H28IN3O2. The van der Waals surface area contributed by atoms with Crippen LogP contribution in [0.1, 0.15) is 25.3 Å². The minimum Gasteiger partial charge on any atom is -0.493 e. The Morgan fingerprint density at radius 1 is 1.26 bits per heavy atom. The smallest absolute Gasteiger partial charge is 0.191 e. The first-order chi connectivity index (χ1) is 10.7. The van der Waals surface area contributed by atoms with Gasteiger partial charge in [0, 0.05) is 19.6 Å². The molecule has 6 heteroatoms. The third-order valence-electron chi connectivity index (χ3n) is 4.04. The van der Waals surface area contributed by atoms with Crippen molar-refractivity contribution in [2.24, 2.45) is 10.9 Å². The van der Waals surface area contributed by atoms with E-state index in [1.165, 1.54) is 12.0 Å². The van der Waals surface area contributed by atoms with E-state index in [1.807, 2.05) is 19.2 Å². The number of hydrogen-bond donors (Lipinski definition) is 2. The van der Waals surface area contributed by atoms with Gasteiger partial charge in [-0.2, -0.15) is 0 Å². The van der Waals surface area contributed by atoms with Gasteiger partial charge in [0.15, 0.2) is 17.5 Å². The Balaban J connectivity index is 0.00000264. The highest BCUT2D eigenvalue weighted by Crippen LogP contribution is 2.29. The van der Waals surface area contributed by atoms with Crippen LogP contribution in [0.3, 0.4) is 0 Å². The largest absolute Gasteiger partial charge is 0.493 e. The second kappa shape index (κ2) is 9.85. The van der Waals surface area contributed by atoms with Gasteiger partial charge in [0.25, 0.3) is 0 Å². The zero-order valence-corrected chi connectivity index (χ0v) is 16.7. The van der Waals surface area contributed by atoms with Crippen molar-refractivity contribution in [2.45, 2.75) is 32.2 Å². The molecule has 1 aliphatic rings. The van der Waals surface area contributed by atoms with Crippen molar-refractivity contribution in [1.82, 2.24) is 10.6 Å². The second-order valence-corrected chi connectivity index (χ2v) is 5.76. The molecule has 2 atom stereocenters. The van der Waals surface area contributed by atoms with Crippen molar-refractivity contribution < 1.29 is 9.47 Å². The lowest BCUT2D eigenvalue weighted by Gasteiger charge is -2.12. The van der Waals surface area contributed by atoms with Gasteiger partial charge >= 0.3 is 0 Å². The van der Waals surface area contributed by atoms with E-state index in [2.05, 4.69) is 28.6 Å². The predicted molar refractivity (Wildman–Crippen MR) is 105 cm³/mol. The molecule has 0 saturated heterocycles. The molecule has 2 unspecified atom stereocenters. The monoisotopic (exact) mass is 433 g/mol. The molecule has 130 valence electrons. The molecular weight excluding hydrogens is 405 g/mol. The Kier molecular flexibility index (Phi) is 8.51. The summed E-state index contributed by atoms with van der Waals surface area (Å²) in [7, 11) is 5.13. The molecule has 1 saturated carbocycles. The average Bonchev–Trinajstić information content (AvgIpc) is 3.24. The first kappa shape index (κ1) is 19.9. The molecule has 0 bridgehead atoms. The number of aryl methyl sites for hydroxylation is 1. The molecule has 23 heavy (non-hydrogen) atoms. The van der Waals surface area contributed by atoms with Gasteiger partial charge < -0.3 is 20.1 Å². The molecule has 1 aliphatic carbocycles. The van der Waals surface area contributed by atoms with E-state index in [-0.39, 0.29) is 24.0 Å². The summed E-state index contributed by atoms with van der Waals surface area (Å²) < 4.78 is 10.6. The van der Waals surface area contributed by atoms with E-state index in [0.29, 0.717) is 6.04 Å². The number of aliphatic imine (C=N–C) groups is 1. The van der Waals surface area contributed by atoms with Gasteiger partial charge in [0.05, 0.1) is 14.2 Å². The van der Waals surface area contributed by atoms with Gasteiger partial charge in [-0.15, -0.1) is 24.0 Å². The minimum absolute atomic E-state index is 0. The van der Waals surface area contributed by atoms with Crippen molar-refractivity contribution >= 4 is 29.9 Å². The summed E-state index contributed by atoms with van der Waals surface area (Å²) in [5, 5.41) is 6.79. The summed E-state index contributed by atoms with van der Waals surface area (Å²) in [6.07, 6.45) is 3.27. The number of hydrogen-bond acceptors (Lipinski definition) is 3. The Labute approximate surface area is 156 Å². The first-order valence-corrected chi connectivity index (χ1v) is 7.86. The van der Waals surface area contributed by atoms with E-state index in [1.54, 1.807) is 14.2 Å². The minimum atomic E-state index is 0. The number of nitrogens with zero attached hydrogens (tertiary/aromatic N) is 1. The Morgan fingerprint density at radius 3 is 2.52 bits per heavy atom. The maximum absolute atomic E-state index is 5.33. The van der Waals surface area contributed by atoms with Crippen LogP contribution in [0.2, 0.25) is 0 Å². The highest BCUT2D eigenvalue weighted by molar-refractivity contribution is 14.0. The third kappa shape index (κ3) is 6.08. The van der Waals surface area contributed by atoms with Crippen LogP contribution in [0.5, 0.6) is 11.5 Å². The molecule has 0 radical (unpaired) electrons. The zero-order chi connectivity index (χ0) is 15.9. The highest BCUT2D eigenvalue weighted by Gasteiger charge is 2.33. The van der Waals surface area contributed by atoms with E-state index in [4.69, 9.17) is 9.47 Å². The molecule has 0 spiro atoms. The van der Waals surface area contributed by atoms with E-state index in [9.17, 15) is 0 Å². The van der Waals surface area contributed by atoms with Crippen LogP contribution < -0.4 is 20.1 Å². The molecule has 1 fully saturated rings. The number of rotatable bonds is 7. The third-order valence-corrected chi connectivity index (χ3v) is 4.04. The van der Waals surface area contributed by atoms with E-state index < -0.39 is 0 Å². The number of halogens is 1. The number of benzene rings is 1. The lowest BCUT2D eigenvalue weighted by Crippen LogP contribution is -2.39. The fourth-order valence-electron chi connectivity index (χ4n) is 2.43. The maximum atomic E-state index is 5.33. The summed E-state index contributed by atoms with van der Waals surface area (Å²) in [6, 6.07) is 6.67. The van der Waals surface area contributed by atoms with Gasteiger partial charge in [-0.25, -0.2) is 0 Å². The average molecular weight is 433 g/mol. The summed E-state index contributed by atoms with van der Waals surface area (Å²) >= 11 is 0. The molecule has 0 amide bonds. The number of ether oxygens (including phenoxy) is 2. The molecule has 5 nitrogen and oxygen atoms in total. The van der Waals surface area contributed by atoms with Crippen LogP contribution in [-0.4, -0.2) is 39.8 Å². The Hall–Kier alpha value is -1.18. The Morgan fingerprint density at radius 2 is 1.96 bits per heavy atom. The van der Waals surface area contributed by atoms with Crippen molar-refractivity contribution in [2.75, 3.05) is 27.8 Å². The van der Waals surface area contributed by atoms with Crippen molar-refractivity contribution in [3.05, 3.63) is 23.8 Å². The van der Waals surface area contributed by atoms with Gasteiger partial charge in [0.2, 0.25) is 0 Å². The van der Waals surface area contributed by atoms with Crippen LogP contribution in [-0.2, 0) is 6.42 Å². The standard InChI is InChI=1S/C17H27N3O2.HI/c1-12-10-14(12)20-17(18-2)19-9-5-6-13-7-8-15(21-3)16(11-13)22-4;/h7-8,11-12,14H,5-6,9-10H2,1-4H3,(H2,18,19,20);1H. The molecule has 2 rings (SSSR count). The fourth-order valence-corrected chi connectivity index (χ4v) is 2.43. The van der Waals surface area contributed by atoms with Gasteiger partial charge in [-0.05, 0) is 42.9 Å². The number of methoxy groups -OCH3 is 2. The van der Waals surface area contributed by atoms with E-state index in [0.717, 1.165) is 42.8 Å². The topological polar surface area (TPSA) is 54.9 Å². The highest BCUT2D eigenvalue weighted by atomic mass is 127.